The van der Waals surface area contributed by atoms with Gasteiger partial charge in [0.05, 0.1) is 6.10 Å². The highest BCUT2D eigenvalue weighted by Gasteiger charge is 2.16. The molecule has 0 saturated carbocycles. The first-order valence-electron chi connectivity index (χ1n) is 7.01. The second-order valence-corrected chi connectivity index (χ2v) is 6.70. The van der Waals surface area contributed by atoms with Crippen molar-refractivity contribution in [2.24, 2.45) is 0 Å². The van der Waals surface area contributed by atoms with Crippen LogP contribution < -0.4 is 5.32 Å². The predicted molar refractivity (Wildman–Crippen MR) is 74.8 cm³/mol. The Morgan fingerprint density at radius 2 is 2.18 bits per heavy atom. The maximum absolute atomic E-state index is 5.93. The van der Waals surface area contributed by atoms with E-state index in [1.165, 1.54) is 44.6 Å². The molecule has 100 valence electrons. The Hall–Kier alpha value is 0.230. The van der Waals surface area contributed by atoms with Gasteiger partial charge in [-0.05, 0) is 32.4 Å². The van der Waals surface area contributed by atoms with Crippen molar-refractivity contribution in [1.29, 1.82) is 0 Å². The zero-order valence-corrected chi connectivity index (χ0v) is 11.8. The zero-order chi connectivity index (χ0) is 11.9. The number of ether oxygens (including phenoxy) is 1. The molecule has 2 aliphatic rings. The first-order valence-corrected chi connectivity index (χ1v) is 8.06. The number of nitrogens with zero attached hydrogens (tertiary/aromatic N) is 1. The van der Waals surface area contributed by atoms with Crippen molar-refractivity contribution in [2.45, 2.75) is 37.5 Å². The summed E-state index contributed by atoms with van der Waals surface area (Å²) in [7, 11) is 0. The summed E-state index contributed by atoms with van der Waals surface area (Å²) in [4.78, 5) is 2.59. The Balaban J connectivity index is 1.50. The molecule has 3 nitrogen and oxygen atoms in total. The van der Waals surface area contributed by atoms with Gasteiger partial charge in [0.1, 0.15) is 0 Å². The Kier molecular flexibility index (Phi) is 6.12. The van der Waals surface area contributed by atoms with Crippen LogP contribution in [0.15, 0.2) is 0 Å². The minimum Gasteiger partial charge on any atom is -0.378 e. The minimum absolute atomic E-state index is 0.520. The predicted octanol–water partition coefficient (Wildman–Crippen LogP) is 1.58. The molecular weight excluding hydrogens is 232 g/mol. The highest BCUT2D eigenvalue weighted by molar-refractivity contribution is 7.99. The van der Waals surface area contributed by atoms with Gasteiger partial charge in [-0.1, -0.05) is 6.92 Å². The van der Waals surface area contributed by atoms with E-state index in [-0.39, 0.29) is 0 Å². The van der Waals surface area contributed by atoms with Crippen LogP contribution in [0.25, 0.3) is 0 Å². The molecule has 1 N–H and O–H groups in total. The Labute approximate surface area is 110 Å². The van der Waals surface area contributed by atoms with Crippen LogP contribution in [0.2, 0.25) is 0 Å². The fraction of sp³-hybridized carbons (Fsp3) is 1.00. The summed E-state index contributed by atoms with van der Waals surface area (Å²) in [5.41, 5.74) is 0. The van der Waals surface area contributed by atoms with Gasteiger partial charge < -0.3 is 15.0 Å². The van der Waals surface area contributed by atoms with Gasteiger partial charge in [-0.3, -0.25) is 0 Å². The Morgan fingerprint density at radius 1 is 1.35 bits per heavy atom. The lowest BCUT2D eigenvalue weighted by Gasteiger charge is -2.30. The fourth-order valence-corrected chi connectivity index (χ4v) is 3.68. The van der Waals surface area contributed by atoms with Crippen LogP contribution in [0.4, 0.5) is 0 Å². The van der Waals surface area contributed by atoms with Gasteiger partial charge in [-0.2, -0.15) is 11.8 Å². The van der Waals surface area contributed by atoms with Crippen LogP contribution in [0, 0.1) is 0 Å². The molecule has 0 bridgehead atoms. The third kappa shape index (κ3) is 5.16. The van der Waals surface area contributed by atoms with Crippen molar-refractivity contribution in [1.82, 2.24) is 10.2 Å². The number of hydrogen-bond donors (Lipinski definition) is 1. The lowest BCUT2D eigenvalue weighted by molar-refractivity contribution is 0.0279. The van der Waals surface area contributed by atoms with E-state index in [1.807, 2.05) is 0 Å². The molecule has 2 aliphatic heterocycles. The van der Waals surface area contributed by atoms with Crippen LogP contribution in [0.1, 0.15) is 26.2 Å². The zero-order valence-electron chi connectivity index (χ0n) is 11.0. The molecule has 0 radical (unpaired) electrons. The van der Waals surface area contributed by atoms with E-state index >= 15 is 0 Å². The number of rotatable bonds is 5. The average molecular weight is 258 g/mol. The van der Waals surface area contributed by atoms with Gasteiger partial charge >= 0.3 is 0 Å². The number of hydrogen-bond acceptors (Lipinski definition) is 4. The summed E-state index contributed by atoms with van der Waals surface area (Å²) in [6.45, 7) is 9.29. The smallest absolute Gasteiger partial charge is 0.0599 e. The molecule has 0 aromatic carbocycles. The second-order valence-electron chi connectivity index (χ2n) is 5.16. The average Bonchev–Trinajstić information content (AvgIpc) is 2.36. The van der Waals surface area contributed by atoms with Gasteiger partial charge in [-0.25, -0.2) is 0 Å². The van der Waals surface area contributed by atoms with Gasteiger partial charge in [0.15, 0.2) is 0 Å². The lowest BCUT2D eigenvalue weighted by Crippen LogP contribution is -2.38. The molecule has 2 fully saturated rings. The minimum atomic E-state index is 0.520. The van der Waals surface area contributed by atoms with Crippen molar-refractivity contribution in [2.75, 3.05) is 45.1 Å². The van der Waals surface area contributed by atoms with E-state index in [0.717, 1.165) is 24.9 Å². The van der Waals surface area contributed by atoms with Crippen LogP contribution in [0.3, 0.4) is 0 Å². The van der Waals surface area contributed by atoms with Crippen molar-refractivity contribution in [3.8, 4) is 0 Å². The maximum atomic E-state index is 5.93. The maximum Gasteiger partial charge on any atom is 0.0599 e. The van der Waals surface area contributed by atoms with Crippen molar-refractivity contribution < 1.29 is 4.74 Å². The molecule has 0 aromatic rings. The molecule has 0 amide bonds. The van der Waals surface area contributed by atoms with Crippen LogP contribution >= 0.6 is 11.8 Å². The summed E-state index contributed by atoms with van der Waals surface area (Å²) in [6, 6.07) is 0. The van der Waals surface area contributed by atoms with Crippen molar-refractivity contribution in [3.05, 3.63) is 0 Å². The fourth-order valence-electron chi connectivity index (χ4n) is 2.59. The highest BCUT2D eigenvalue weighted by atomic mass is 32.2. The molecule has 17 heavy (non-hydrogen) atoms. The largest absolute Gasteiger partial charge is 0.378 e. The van der Waals surface area contributed by atoms with Gasteiger partial charge in [0, 0.05) is 37.2 Å². The van der Waals surface area contributed by atoms with E-state index in [4.69, 9.17) is 4.74 Å². The number of piperidine rings is 1. The Morgan fingerprint density at radius 3 is 2.94 bits per heavy atom. The standard InChI is InChI=1S/C13H26N2OS/c1-12-11-15(8-10-17-12)7-2-9-16-13-3-5-14-6-4-13/h12-14H,2-11H2,1H3. The summed E-state index contributed by atoms with van der Waals surface area (Å²) in [5.74, 6) is 1.30. The first kappa shape index (κ1) is 13.7. The van der Waals surface area contributed by atoms with Crippen molar-refractivity contribution in [3.63, 3.8) is 0 Å². The highest BCUT2D eigenvalue weighted by Crippen LogP contribution is 2.17. The third-order valence-corrected chi connectivity index (χ3v) is 4.72. The molecule has 2 saturated heterocycles. The number of nitrogens with one attached hydrogen (secondary N) is 1. The van der Waals surface area contributed by atoms with Gasteiger partial charge in [-0.15, -0.1) is 0 Å². The van der Waals surface area contributed by atoms with E-state index in [1.54, 1.807) is 0 Å². The molecule has 0 aliphatic carbocycles. The van der Waals surface area contributed by atoms with E-state index < -0.39 is 0 Å². The van der Waals surface area contributed by atoms with E-state index in [2.05, 4.69) is 28.9 Å². The Bertz CT molecular complexity index is 210. The van der Waals surface area contributed by atoms with E-state index in [9.17, 15) is 0 Å². The molecule has 0 aromatic heterocycles. The quantitative estimate of drug-likeness (QED) is 0.757. The normalized spacial score (nSPS) is 28.4. The molecule has 1 atom stereocenters. The van der Waals surface area contributed by atoms with Crippen LogP contribution in [-0.4, -0.2) is 61.3 Å². The molecular formula is C13H26N2OS. The molecule has 0 spiro atoms. The summed E-state index contributed by atoms with van der Waals surface area (Å²) < 4.78 is 5.93. The molecule has 2 heterocycles. The van der Waals surface area contributed by atoms with Crippen LogP contribution in [-0.2, 0) is 4.74 Å². The van der Waals surface area contributed by atoms with E-state index in [0.29, 0.717) is 6.10 Å². The van der Waals surface area contributed by atoms with Gasteiger partial charge in [0.25, 0.3) is 0 Å². The summed E-state index contributed by atoms with van der Waals surface area (Å²) in [5, 5.41) is 4.19. The lowest BCUT2D eigenvalue weighted by atomic mass is 10.1. The molecule has 1 unspecified atom stereocenters. The second kappa shape index (κ2) is 7.62. The molecule has 2 rings (SSSR count). The SMILES string of the molecule is CC1CN(CCCOC2CCNCC2)CCS1. The van der Waals surface area contributed by atoms with Crippen LogP contribution in [0.5, 0.6) is 0 Å². The molecule has 4 heteroatoms. The van der Waals surface area contributed by atoms with Crippen molar-refractivity contribution >= 4 is 11.8 Å². The number of thioether (sulfide) groups is 1. The first-order chi connectivity index (χ1) is 8.34. The van der Waals surface area contributed by atoms with Gasteiger partial charge in [0.2, 0.25) is 0 Å². The monoisotopic (exact) mass is 258 g/mol. The summed E-state index contributed by atoms with van der Waals surface area (Å²) in [6.07, 6.45) is 4.10. The topological polar surface area (TPSA) is 24.5 Å². The summed E-state index contributed by atoms with van der Waals surface area (Å²) >= 11 is 2.10. The third-order valence-electron chi connectivity index (χ3n) is 3.58.